The average Bonchev–Trinajstić information content (AvgIpc) is 2.54. The van der Waals surface area contributed by atoms with Crippen molar-refractivity contribution in [3.05, 3.63) is 58.0 Å². The van der Waals surface area contributed by atoms with Gasteiger partial charge in [0.1, 0.15) is 0 Å². The molecule has 13 heavy (non-hydrogen) atoms. The monoisotopic (exact) mass is 174 g/mol. The number of hydrogen-bond acceptors (Lipinski definition) is 1. The highest BCUT2D eigenvalue weighted by Gasteiger charge is 2.00. The van der Waals surface area contributed by atoms with E-state index in [0.717, 1.165) is 11.1 Å². The summed E-state index contributed by atoms with van der Waals surface area (Å²) in [5, 5.41) is 5.19. The van der Waals surface area contributed by atoms with Crippen LogP contribution in [-0.4, -0.2) is 10.2 Å². The number of hydrogen-bond donors (Lipinski definition) is 2. The van der Waals surface area contributed by atoms with Gasteiger partial charge in [-0.2, -0.15) is 0 Å². The molecule has 0 saturated heterocycles. The summed E-state index contributed by atoms with van der Waals surface area (Å²) in [6, 6.07) is 9.91. The lowest BCUT2D eigenvalue weighted by atomic mass is 10.1. The van der Waals surface area contributed by atoms with Crippen molar-refractivity contribution in [2.45, 2.75) is 6.42 Å². The van der Waals surface area contributed by atoms with Gasteiger partial charge in [-0.15, -0.1) is 0 Å². The molecule has 3 nitrogen and oxygen atoms in total. The van der Waals surface area contributed by atoms with Crippen molar-refractivity contribution in [2.75, 3.05) is 0 Å². The first-order chi connectivity index (χ1) is 6.36. The number of aromatic nitrogens is 2. The van der Waals surface area contributed by atoms with E-state index in [1.54, 1.807) is 6.20 Å². The summed E-state index contributed by atoms with van der Waals surface area (Å²) < 4.78 is 0. The normalized spacial score (nSPS) is 10.2. The summed E-state index contributed by atoms with van der Waals surface area (Å²) in [5.74, 6) is 0. The van der Waals surface area contributed by atoms with Gasteiger partial charge in [0.05, 0.1) is 0 Å². The van der Waals surface area contributed by atoms with Crippen molar-refractivity contribution in [1.82, 2.24) is 10.2 Å². The van der Waals surface area contributed by atoms with Gasteiger partial charge in [-0.05, 0) is 5.56 Å². The molecule has 0 fully saturated rings. The van der Waals surface area contributed by atoms with E-state index >= 15 is 0 Å². The lowest BCUT2D eigenvalue weighted by Gasteiger charge is -1.95. The molecule has 2 aromatic rings. The van der Waals surface area contributed by atoms with Gasteiger partial charge in [-0.3, -0.25) is 9.89 Å². The predicted molar refractivity (Wildman–Crippen MR) is 50.7 cm³/mol. The Hall–Kier alpha value is -1.77. The van der Waals surface area contributed by atoms with E-state index in [-0.39, 0.29) is 5.56 Å². The average molecular weight is 174 g/mol. The summed E-state index contributed by atoms with van der Waals surface area (Å²) in [6.45, 7) is 0. The van der Waals surface area contributed by atoms with Crippen LogP contribution in [-0.2, 0) is 6.42 Å². The fourth-order valence-electron chi connectivity index (χ4n) is 1.28. The molecule has 0 radical (unpaired) electrons. The number of benzene rings is 1. The molecular formula is C10H10N2O. The Morgan fingerprint density at radius 1 is 1.15 bits per heavy atom. The Morgan fingerprint density at radius 2 is 1.92 bits per heavy atom. The van der Waals surface area contributed by atoms with Gasteiger partial charge in [0.25, 0.3) is 5.56 Å². The molecule has 0 saturated carbocycles. The Balaban J connectivity index is 2.25. The van der Waals surface area contributed by atoms with Crippen molar-refractivity contribution in [3.63, 3.8) is 0 Å². The van der Waals surface area contributed by atoms with E-state index in [4.69, 9.17) is 0 Å². The quantitative estimate of drug-likeness (QED) is 0.708. The molecule has 1 aromatic carbocycles. The van der Waals surface area contributed by atoms with E-state index in [2.05, 4.69) is 10.2 Å². The molecule has 0 spiro atoms. The minimum Gasteiger partial charge on any atom is -0.305 e. The van der Waals surface area contributed by atoms with Crippen LogP contribution in [0.2, 0.25) is 0 Å². The van der Waals surface area contributed by atoms with E-state index < -0.39 is 0 Å². The molecule has 1 aromatic heterocycles. The van der Waals surface area contributed by atoms with Crippen molar-refractivity contribution >= 4 is 0 Å². The van der Waals surface area contributed by atoms with Gasteiger partial charge in [0.15, 0.2) is 0 Å². The van der Waals surface area contributed by atoms with Crippen LogP contribution in [0.15, 0.2) is 41.3 Å². The molecule has 0 aliphatic heterocycles. The SMILES string of the molecule is O=c1[nH][nH]cc1Cc1ccccc1. The zero-order valence-corrected chi connectivity index (χ0v) is 7.08. The topological polar surface area (TPSA) is 48.6 Å². The first-order valence-corrected chi connectivity index (χ1v) is 4.15. The molecule has 66 valence electrons. The van der Waals surface area contributed by atoms with Crippen LogP contribution in [0, 0.1) is 0 Å². The minimum atomic E-state index is -0.0381. The number of rotatable bonds is 2. The lowest BCUT2D eigenvalue weighted by Crippen LogP contribution is -2.05. The third kappa shape index (κ3) is 1.69. The zero-order valence-electron chi connectivity index (χ0n) is 7.08. The fourth-order valence-corrected chi connectivity index (χ4v) is 1.28. The molecule has 0 aliphatic rings. The van der Waals surface area contributed by atoms with Crippen LogP contribution in [0.3, 0.4) is 0 Å². The molecule has 0 aliphatic carbocycles. The van der Waals surface area contributed by atoms with Crippen LogP contribution in [0.1, 0.15) is 11.1 Å². The smallest absolute Gasteiger partial charge is 0.267 e. The first kappa shape index (κ1) is 7.86. The maximum atomic E-state index is 11.1. The molecule has 2 N–H and O–H groups in total. The van der Waals surface area contributed by atoms with E-state index in [1.165, 1.54) is 0 Å². The third-order valence-corrected chi connectivity index (χ3v) is 1.96. The Morgan fingerprint density at radius 3 is 2.54 bits per heavy atom. The summed E-state index contributed by atoms with van der Waals surface area (Å²) in [6.07, 6.45) is 2.38. The molecule has 2 rings (SSSR count). The maximum Gasteiger partial charge on any atom is 0.267 e. The Bertz CT molecular complexity index is 427. The second kappa shape index (κ2) is 3.31. The predicted octanol–water partition coefficient (Wildman–Crippen LogP) is 1.29. The molecule has 0 bridgehead atoms. The zero-order chi connectivity index (χ0) is 9.10. The third-order valence-electron chi connectivity index (χ3n) is 1.96. The highest BCUT2D eigenvalue weighted by Crippen LogP contribution is 2.03. The molecule has 0 unspecified atom stereocenters. The number of aromatic amines is 2. The minimum absolute atomic E-state index is 0.0381. The Kier molecular flexibility index (Phi) is 2.00. The van der Waals surface area contributed by atoms with Crippen molar-refractivity contribution in [2.24, 2.45) is 0 Å². The van der Waals surface area contributed by atoms with Gasteiger partial charge in [-0.1, -0.05) is 30.3 Å². The van der Waals surface area contributed by atoms with E-state index in [0.29, 0.717) is 6.42 Å². The summed E-state index contributed by atoms with van der Waals surface area (Å²) in [5.41, 5.74) is 1.88. The standard InChI is InChI=1S/C10H10N2O/c13-10-9(7-11-12-10)6-8-4-2-1-3-5-8/h1-5,7H,6H2,(H2,11,12,13). The van der Waals surface area contributed by atoms with Gasteiger partial charge >= 0.3 is 0 Å². The molecular weight excluding hydrogens is 164 g/mol. The van der Waals surface area contributed by atoms with Gasteiger partial charge < -0.3 is 5.10 Å². The van der Waals surface area contributed by atoms with Crippen molar-refractivity contribution in [3.8, 4) is 0 Å². The largest absolute Gasteiger partial charge is 0.305 e. The van der Waals surface area contributed by atoms with Crippen LogP contribution in [0.4, 0.5) is 0 Å². The van der Waals surface area contributed by atoms with Crippen LogP contribution in [0.25, 0.3) is 0 Å². The molecule has 0 atom stereocenters. The maximum absolute atomic E-state index is 11.1. The summed E-state index contributed by atoms with van der Waals surface area (Å²) in [7, 11) is 0. The second-order valence-corrected chi connectivity index (χ2v) is 2.93. The first-order valence-electron chi connectivity index (χ1n) is 4.15. The van der Waals surface area contributed by atoms with Crippen molar-refractivity contribution in [1.29, 1.82) is 0 Å². The Labute approximate surface area is 75.4 Å². The summed E-state index contributed by atoms with van der Waals surface area (Å²) in [4.78, 5) is 11.1. The van der Waals surface area contributed by atoms with E-state index in [1.807, 2.05) is 30.3 Å². The lowest BCUT2D eigenvalue weighted by molar-refractivity contribution is 1.05. The van der Waals surface area contributed by atoms with Crippen LogP contribution < -0.4 is 5.56 Å². The molecule has 3 heteroatoms. The number of H-pyrrole nitrogens is 2. The van der Waals surface area contributed by atoms with Crippen LogP contribution >= 0.6 is 0 Å². The van der Waals surface area contributed by atoms with Crippen molar-refractivity contribution < 1.29 is 0 Å². The number of nitrogens with one attached hydrogen (secondary N) is 2. The van der Waals surface area contributed by atoms with Gasteiger partial charge in [-0.25, -0.2) is 0 Å². The van der Waals surface area contributed by atoms with Crippen LogP contribution in [0.5, 0.6) is 0 Å². The molecule has 1 heterocycles. The van der Waals surface area contributed by atoms with Gasteiger partial charge in [0.2, 0.25) is 0 Å². The molecule has 0 amide bonds. The van der Waals surface area contributed by atoms with Gasteiger partial charge in [0, 0.05) is 18.2 Å². The van der Waals surface area contributed by atoms with E-state index in [9.17, 15) is 4.79 Å². The highest BCUT2D eigenvalue weighted by atomic mass is 16.1. The fraction of sp³-hybridized carbons (Fsp3) is 0.100. The summed E-state index contributed by atoms with van der Waals surface area (Å²) >= 11 is 0. The second-order valence-electron chi connectivity index (χ2n) is 2.93. The highest BCUT2D eigenvalue weighted by molar-refractivity contribution is 5.22.